The molecule has 2 atom stereocenters. The van der Waals surface area contributed by atoms with Crippen LogP contribution in [0.25, 0.3) is 0 Å². The Morgan fingerprint density at radius 3 is 1.47 bits per heavy atom. The molecule has 0 aromatic carbocycles. The van der Waals surface area contributed by atoms with E-state index in [0.717, 1.165) is 0 Å². The van der Waals surface area contributed by atoms with Crippen LogP contribution in [0.1, 0.15) is 19.3 Å². The number of rotatable bonds is 8. The molecule has 0 aromatic rings. The normalized spacial score (nSPS) is 14.5. The van der Waals surface area contributed by atoms with Gasteiger partial charge in [-0.15, -0.1) is 0 Å². The summed E-state index contributed by atoms with van der Waals surface area (Å²) in [6, 6.07) is -2.15. The van der Waals surface area contributed by atoms with Crippen LogP contribution >= 0.6 is 0 Å². The zero-order valence-corrected chi connectivity index (χ0v) is 8.11. The van der Waals surface area contributed by atoms with Crippen molar-refractivity contribution in [3.05, 3.63) is 20.2 Å². The maximum atomic E-state index is 10.3. The van der Waals surface area contributed by atoms with E-state index in [1.807, 2.05) is 0 Å². The molecule has 15 heavy (non-hydrogen) atoms. The van der Waals surface area contributed by atoms with Crippen molar-refractivity contribution < 1.29 is 20.1 Å². The molecule has 88 valence electrons. The Morgan fingerprint density at radius 1 is 0.933 bits per heavy atom. The fourth-order valence-electron chi connectivity index (χ4n) is 1.12. The van der Waals surface area contributed by atoms with E-state index in [9.17, 15) is 20.2 Å². The van der Waals surface area contributed by atoms with E-state index in [2.05, 4.69) is 0 Å². The van der Waals surface area contributed by atoms with Crippen LogP contribution in [-0.2, 0) is 0 Å². The molecule has 0 aliphatic heterocycles. The molecule has 2 N–H and O–H groups in total. The monoisotopic (exact) mass is 222 g/mol. The molecule has 0 amide bonds. The van der Waals surface area contributed by atoms with E-state index < -0.39 is 35.1 Å². The highest BCUT2D eigenvalue weighted by Crippen LogP contribution is 2.08. The van der Waals surface area contributed by atoms with Crippen molar-refractivity contribution in [3.63, 3.8) is 0 Å². The van der Waals surface area contributed by atoms with Gasteiger partial charge in [0.2, 0.25) is 12.1 Å². The lowest BCUT2D eigenvalue weighted by Gasteiger charge is -2.08. The van der Waals surface area contributed by atoms with E-state index in [4.69, 9.17) is 10.2 Å². The van der Waals surface area contributed by atoms with Crippen LogP contribution < -0.4 is 0 Å². The Morgan fingerprint density at radius 2 is 1.27 bits per heavy atom. The molecule has 0 bridgehead atoms. The third kappa shape index (κ3) is 5.23. The first-order valence-electron chi connectivity index (χ1n) is 4.51. The van der Waals surface area contributed by atoms with Crippen molar-refractivity contribution in [2.75, 3.05) is 13.2 Å². The molecule has 0 spiro atoms. The highest BCUT2D eigenvalue weighted by atomic mass is 16.6. The second-order valence-corrected chi connectivity index (χ2v) is 3.17. The van der Waals surface area contributed by atoms with E-state index in [-0.39, 0.29) is 19.3 Å². The molecule has 0 aliphatic carbocycles. The first kappa shape index (κ1) is 13.7. The molecule has 0 radical (unpaired) electrons. The molecule has 8 heteroatoms. The van der Waals surface area contributed by atoms with E-state index >= 15 is 0 Å². The average Bonchev–Trinajstić information content (AvgIpc) is 2.17. The summed E-state index contributed by atoms with van der Waals surface area (Å²) in [5.74, 6) is 0. The van der Waals surface area contributed by atoms with Crippen LogP contribution in [0.4, 0.5) is 0 Å². The van der Waals surface area contributed by atoms with Gasteiger partial charge in [-0.05, 0) is 6.42 Å². The average molecular weight is 222 g/mol. The zero-order valence-electron chi connectivity index (χ0n) is 8.11. The number of hydrogen-bond donors (Lipinski definition) is 2. The zero-order chi connectivity index (χ0) is 11.8. The van der Waals surface area contributed by atoms with Gasteiger partial charge in [0, 0.05) is 22.7 Å². The quantitative estimate of drug-likeness (QED) is 0.418. The molecule has 0 fully saturated rings. The van der Waals surface area contributed by atoms with Crippen LogP contribution in [0.15, 0.2) is 0 Å². The first-order chi connectivity index (χ1) is 7.02. The fraction of sp³-hybridized carbons (Fsp3) is 1.00. The minimum Gasteiger partial charge on any atom is -0.389 e. The smallest absolute Gasteiger partial charge is 0.235 e. The predicted octanol–water partition coefficient (Wildman–Crippen LogP) is -0.568. The minimum atomic E-state index is -1.07. The molecule has 8 nitrogen and oxygen atoms in total. The van der Waals surface area contributed by atoms with Crippen LogP contribution in [-0.4, -0.2) is 45.4 Å². The maximum Gasteiger partial charge on any atom is 0.235 e. The number of hydrogen-bond acceptors (Lipinski definition) is 6. The van der Waals surface area contributed by atoms with E-state index in [1.54, 1.807) is 0 Å². The molecule has 0 saturated carbocycles. The summed E-state index contributed by atoms with van der Waals surface area (Å²) in [5, 5.41) is 37.8. The Balaban J connectivity index is 3.85. The lowest BCUT2D eigenvalue weighted by atomic mass is 10.1. The predicted molar refractivity (Wildman–Crippen MR) is 49.6 cm³/mol. The van der Waals surface area contributed by atoms with Gasteiger partial charge in [-0.3, -0.25) is 20.2 Å². The van der Waals surface area contributed by atoms with Gasteiger partial charge in [-0.25, -0.2) is 0 Å². The van der Waals surface area contributed by atoms with Gasteiger partial charge in [0.25, 0.3) is 0 Å². The van der Waals surface area contributed by atoms with Gasteiger partial charge >= 0.3 is 0 Å². The summed E-state index contributed by atoms with van der Waals surface area (Å²) in [5.41, 5.74) is 0. The molecular weight excluding hydrogens is 208 g/mol. The topological polar surface area (TPSA) is 127 Å². The molecule has 0 aliphatic rings. The van der Waals surface area contributed by atoms with Crippen LogP contribution in [0.3, 0.4) is 0 Å². The second kappa shape index (κ2) is 7.07. The summed E-state index contributed by atoms with van der Waals surface area (Å²) < 4.78 is 0. The maximum absolute atomic E-state index is 10.3. The summed E-state index contributed by atoms with van der Waals surface area (Å²) in [6.45, 7) is -1.15. The molecule has 0 rings (SSSR count). The highest BCUT2D eigenvalue weighted by molar-refractivity contribution is 4.59. The Hall–Kier alpha value is -1.28. The third-order valence-corrected chi connectivity index (χ3v) is 2.09. The van der Waals surface area contributed by atoms with Gasteiger partial charge < -0.3 is 10.2 Å². The van der Waals surface area contributed by atoms with E-state index in [0.29, 0.717) is 0 Å². The number of nitrogens with zero attached hydrogens (tertiary/aromatic N) is 2. The second-order valence-electron chi connectivity index (χ2n) is 3.17. The van der Waals surface area contributed by atoms with E-state index in [1.165, 1.54) is 0 Å². The largest absolute Gasteiger partial charge is 0.389 e. The van der Waals surface area contributed by atoms with Crippen molar-refractivity contribution in [2.24, 2.45) is 0 Å². The van der Waals surface area contributed by atoms with Crippen LogP contribution in [0, 0.1) is 20.2 Å². The Labute approximate surface area is 85.8 Å². The molecule has 0 aromatic heterocycles. The molecular formula is C7H14N2O6. The van der Waals surface area contributed by atoms with Crippen molar-refractivity contribution in [2.45, 2.75) is 31.3 Å². The number of nitro groups is 2. The third-order valence-electron chi connectivity index (χ3n) is 2.09. The number of aliphatic hydroxyl groups excluding tert-OH is 2. The highest BCUT2D eigenvalue weighted by Gasteiger charge is 2.22. The Kier molecular flexibility index (Phi) is 6.47. The Bertz CT molecular complexity index is 200. The molecule has 0 unspecified atom stereocenters. The number of aliphatic hydroxyl groups is 2. The van der Waals surface area contributed by atoms with Gasteiger partial charge in [-0.2, -0.15) is 0 Å². The van der Waals surface area contributed by atoms with Crippen molar-refractivity contribution >= 4 is 0 Å². The SMILES string of the molecule is O=[N+]([O-])[C@H](CO)CCC[C@H](CO)[N+](=O)[O-]. The lowest BCUT2D eigenvalue weighted by molar-refractivity contribution is -0.532. The lowest BCUT2D eigenvalue weighted by Crippen LogP contribution is -2.26. The first-order valence-corrected chi connectivity index (χ1v) is 4.51. The fourth-order valence-corrected chi connectivity index (χ4v) is 1.12. The van der Waals surface area contributed by atoms with Gasteiger partial charge in [0.05, 0.1) is 0 Å². The standard InChI is InChI=1S/C7H14N2O6/c10-4-6(8(12)13)2-1-3-7(5-11)9(14)15/h6-7,10-11H,1-5H2/t6-,7+. The minimum absolute atomic E-state index is 0.0772. The van der Waals surface area contributed by atoms with Crippen LogP contribution in [0.2, 0.25) is 0 Å². The molecule has 0 saturated heterocycles. The molecule has 0 heterocycles. The van der Waals surface area contributed by atoms with Crippen molar-refractivity contribution in [1.29, 1.82) is 0 Å². The summed E-state index contributed by atoms with van der Waals surface area (Å²) in [4.78, 5) is 19.3. The summed E-state index contributed by atoms with van der Waals surface area (Å²) >= 11 is 0. The van der Waals surface area contributed by atoms with Gasteiger partial charge in [0.1, 0.15) is 13.2 Å². The summed E-state index contributed by atoms with van der Waals surface area (Å²) in [6.07, 6.45) is 0.389. The summed E-state index contributed by atoms with van der Waals surface area (Å²) in [7, 11) is 0. The van der Waals surface area contributed by atoms with Crippen molar-refractivity contribution in [3.8, 4) is 0 Å². The van der Waals surface area contributed by atoms with Gasteiger partial charge in [-0.1, -0.05) is 0 Å². The van der Waals surface area contributed by atoms with Crippen LogP contribution in [0.5, 0.6) is 0 Å². The van der Waals surface area contributed by atoms with Gasteiger partial charge in [0.15, 0.2) is 0 Å². The van der Waals surface area contributed by atoms with Crippen molar-refractivity contribution in [1.82, 2.24) is 0 Å².